The lowest BCUT2D eigenvalue weighted by Gasteiger charge is -2.20. The normalized spacial score (nSPS) is 15.0. The summed E-state index contributed by atoms with van der Waals surface area (Å²) in [6.45, 7) is 8.12. The van der Waals surface area contributed by atoms with Crippen molar-refractivity contribution in [3.8, 4) is 0 Å². The van der Waals surface area contributed by atoms with Crippen molar-refractivity contribution in [2.24, 2.45) is 11.8 Å². The van der Waals surface area contributed by atoms with Crippen LogP contribution in [0.25, 0.3) is 0 Å². The van der Waals surface area contributed by atoms with E-state index in [1.54, 1.807) is 19.9 Å². The highest BCUT2D eigenvalue weighted by atomic mass is 32.1. The van der Waals surface area contributed by atoms with Crippen LogP contribution in [-0.2, 0) is 14.3 Å². The molecule has 0 aliphatic heterocycles. The quantitative estimate of drug-likeness (QED) is 0.156. The third kappa shape index (κ3) is 10.3. The Balaban J connectivity index is 4.86. The molecule has 0 rings (SSSR count). The Kier molecular flexibility index (Phi) is 12.2. The Morgan fingerprint density at radius 2 is 2.00 bits per heavy atom. The van der Waals surface area contributed by atoms with Crippen molar-refractivity contribution >= 4 is 42.3 Å². The fourth-order valence-corrected chi connectivity index (χ4v) is 2.70. The molecule has 0 heterocycles. The van der Waals surface area contributed by atoms with Gasteiger partial charge >= 0.3 is 11.9 Å². The molecular weight excluding hydrogens is 358 g/mol. The molecule has 0 aromatic rings. The van der Waals surface area contributed by atoms with E-state index in [0.29, 0.717) is 26.0 Å². The summed E-state index contributed by atoms with van der Waals surface area (Å²) < 4.78 is 5.06. The molecule has 2 atom stereocenters. The number of carboxylic acid groups (broad SMARTS) is 1. The number of allylic oxidation sites excluding steroid dienone is 3. The number of hydrogen-bond acceptors (Lipinski definition) is 5. The second-order valence-electron chi connectivity index (χ2n) is 6.08. The van der Waals surface area contributed by atoms with Crippen LogP contribution in [0.5, 0.6) is 0 Å². The Morgan fingerprint density at radius 3 is 2.52 bits per heavy atom. The van der Waals surface area contributed by atoms with Crippen LogP contribution in [0, 0.1) is 11.8 Å². The van der Waals surface area contributed by atoms with E-state index < -0.39 is 5.97 Å². The van der Waals surface area contributed by atoms with Gasteiger partial charge in [0.1, 0.15) is 0 Å². The van der Waals surface area contributed by atoms with Crippen LogP contribution in [0.15, 0.2) is 22.1 Å². The molecule has 0 saturated heterocycles. The predicted molar refractivity (Wildman–Crippen MR) is 108 cm³/mol. The first kappa shape index (κ1) is 23.7. The van der Waals surface area contributed by atoms with E-state index in [1.807, 2.05) is 13.8 Å². The van der Waals surface area contributed by atoms with Crippen molar-refractivity contribution in [2.45, 2.75) is 47.0 Å². The highest BCUT2D eigenvalue weighted by Gasteiger charge is 2.20. The minimum Gasteiger partial charge on any atom is -0.478 e. The number of hydrogen-bond donors (Lipinski definition) is 3. The van der Waals surface area contributed by atoms with Crippen LogP contribution >= 0.6 is 24.8 Å². The van der Waals surface area contributed by atoms with Gasteiger partial charge < -0.3 is 15.2 Å². The maximum Gasteiger partial charge on any atom is 0.331 e. The van der Waals surface area contributed by atoms with Crippen molar-refractivity contribution in [3.05, 3.63) is 22.1 Å². The van der Waals surface area contributed by atoms with Crippen LogP contribution in [0.2, 0.25) is 0 Å². The SMILES string of the molecule is CCOC(=O)C(C)CC(CC/C(S)=C(C)/C=C(\C)C(=O)O)CNC=S. The molecule has 0 aromatic heterocycles. The maximum absolute atomic E-state index is 11.8. The summed E-state index contributed by atoms with van der Waals surface area (Å²) in [6, 6.07) is 0. The smallest absolute Gasteiger partial charge is 0.331 e. The third-order valence-electron chi connectivity index (χ3n) is 3.88. The molecule has 0 bridgehead atoms. The molecule has 7 heteroatoms. The number of nitrogens with one attached hydrogen (secondary N) is 1. The Morgan fingerprint density at radius 1 is 1.36 bits per heavy atom. The molecule has 5 nitrogen and oxygen atoms in total. The van der Waals surface area contributed by atoms with Gasteiger partial charge in [-0.05, 0) is 62.5 Å². The monoisotopic (exact) mass is 387 g/mol. The summed E-state index contributed by atoms with van der Waals surface area (Å²) in [4.78, 5) is 23.6. The highest BCUT2D eigenvalue weighted by Crippen LogP contribution is 2.24. The standard InChI is InChI=1S/C18H29NO4S2/c1-5-23-18(22)14(4)9-15(10-19-11-24)6-7-16(25)12(2)8-13(3)17(20)21/h8,11,14-15,25H,5-7,9-10H2,1-4H3,(H,19,24)(H,20,21)/b13-8+,16-12-. The number of thiol groups is 1. The molecule has 0 aromatic carbocycles. The van der Waals surface area contributed by atoms with E-state index in [2.05, 4.69) is 17.9 Å². The first-order valence-corrected chi connectivity index (χ1v) is 9.28. The number of aliphatic carboxylic acids is 1. The van der Waals surface area contributed by atoms with Crippen LogP contribution < -0.4 is 5.32 Å². The largest absolute Gasteiger partial charge is 0.478 e. The molecule has 142 valence electrons. The van der Waals surface area contributed by atoms with Crippen molar-refractivity contribution < 1.29 is 19.4 Å². The van der Waals surface area contributed by atoms with Crippen molar-refractivity contribution in [1.29, 1.82) is 0 Å². The molecule has 2 N–H and O–H groups in total. The fourth-order valence-electron chi connectivity index (χ4n) is 2.41. The van der Waals surface area contributed by atoms with Crippen molar-refractivity contribution in [3.63, 3.8) is 0 Å². The number of carboxylic acids is 1. The van der Waals surface area contributed by atoms with Crippen LogP contribution in [0.3, 0.4) is 0 Å². The van der Waals surface area contributed by atoms with E-state index >= 15 is 0 Å². The Bertz CT molecular complexity index is 529. The summed E-state index contributed by atoms with van der Waals surface area (Å²) >= 11 is 9.31. The molecular formula is C18H29NO4S2. The summed E-state index contributed by atoms with van der Waals surface area (Å²) in [7, 11) is 0. The highest BCUT2D eigenvalue weighted by molar-refractivity contribution is 7.84. The predicted octanol–water partition coefficient (Wildman–Crippen LogP) is 3.75. The minimum atomic E-state index is -0.938. The lowest BCUT2D eigenvalue weighted by molar-refractivity contribution is -0.148. The second-order valence-corrected chi connectivity index (χ2v) is 6.86. The van der Waals surface area contributed by atoms with E-state index in [-0.39, 0.29) is 23.4 Å². The first-order chi connectivity index (χ1) is 11.7. The van der Waals surface area contributed by atoms with Gasteiger partial charge in [-0.25, -0.2) is 4.79 Å². The topological polar surface area (TPSA) is 75.6 Å². The van der Waals surface area contributed by atoms with E-state index in [1.165, 1.54) is 5.49 Å². The fraction of sp³-hybridized carbons (Fsp3) is 0.611. The molecule has 0 spiro atoms. The number of carbonyl (C=O) groups is 2. The summed E-state index contributed by atoms with van der Waals surface area (Å²) in [5.41, 5.74) is 2.59. The van der Waals surface area contributed by atoms with Crippen LogP contribution in [0.4, 0.5) is 0 Å². The van der Waals surface area contributed by atoms with E-state index in [4.69, 9.17) is 22.1 Å². The van der Waals surface area contributed by atoms with E-state index in [9.17, 15) is 9.59 Å². The summed E-state index contributed by atoms with van der Waals surface area (Å²) in [5.74, 6) is -1.07. The van der Waals surface area contributed by atoms with Crippen molar-refractivity contribution in [1.82, 2.24) is 5.32 Å². The number of rotatable bonds is 12. The molecule has 0 radical (unpaired) electrons. The van der Waals surface area contributed by atoms with Gasteiger partial charge in [0.2, 0.25) is 0 Å². The second kappa shape index (κ2) is 12.9. The average Bonchev–Trinajstić information content (AvgIpc) is 2.56. The van der Waals surface area contributed by atoms with Crippen molar-refractivity contribution in [2.75, 3.05) is 13.2 Å². The zero-order valence-corrected chi connectivity index (χ0v) is 17.1. The van der Waals surface area contributed by atoms with Gasteiger partial charge in [-0.15, -0.1) is 12.6 Å². The zero-order valence-electron chi connectivity index (χ0n) is 15.4. The summed E-state index contributed by atoms with van der Waals surface area (Å²) in [5, 5.41) is 12.0. The number of thiocarbonyl (C=S) groups is 1. The maximum atomic E-state index is 11.8. The summed E-state index contributed by atoms with van der Waals surface area (Å²) in [6.07, 6.45) is 3.84. The molecule has 2 unspecified atom stereocenters. The van der Waals surface area contributed by atoms with Crippen LogP contribution in [-0.4, -0.2) is 35.7 Å². The molecule has 0 saturated carbocycles. The first-order valence-electron chi connectivity index (χ1n) is 8.36. The van der Waals surface area contributed by atoms with Gasteiger partial charge in [-0.3, -0.25) is 4.79 Å². The number of esters is 1. The zero-order chi connectivity index (χ0) is 19.4. The molecule has 0 fully saturated rings. The number of ether oxygens (including phenoxy) is 1. The number of carbonyl (C=O) groups excluding carboxylic acids is 1. The average molecular weight is 388 g/mol. The van der Waals surface area contributed by atoms with Gasteiger partial charge in [-0.1, -0.05) is 19.1 Å². The Labute approximate surface area is 161 Å². The lowest BCUT2D eigenvalue weighted by Crippen LogP contribution is -2.25. The molecule has 25 heavy (non-hydrogen) atoms. The molecule has 0 amide bonds. The van der Waals surface area contributed by atoms with Gasteiger partial charge in [0.05, 0.1) is 18.0 Å². The minimum absolute atomic E-state index is 0.181. The van der Waals surface area contributed by atoms with Gasteiger partial charge in [0, 0.05) is 12.1 Å². The molecule has 0 aliphatic carbocycles. The Hall–Kier alpha value is -1.34. The lowest BCUT2D eigenvalue weighted by atomic mass is 9.91. The van der Waals surface area contributed by atoms with E-state index in [0.717, 1.165) is 16.9 Å². The molecule has 0 aliphatic rings. The van der Waals surface area contributed by atoms with Gasteiger partial charge in [-0.2, -0.15) is 0 Å². The third-order valence-corrected chi connectivity index (χ3v) is 4.62. The van der Waals surface area contributed by atoms with Gasteiger partial charge in [0.25, 0.3) is 0 Å². The van der Waals surface area contributed by atoms with Gasteiger partial charge in [0.15, 0.2) is 0 Å². The van der Waals surface area contributed by atoms with Crippen LogP contribution in [0.1, 0.15) is 47.0 Å².